The molecule has 0 saturated carbocycles. The average molecular weight is 754 g/mol. The van der Waals surface area contributed by atoms with Crippen LogP contribution in [0.5, 0.6) is 0 Å². The van der Waals surface area contributed by atoms with Crippen molar-refractivity contribution in [2.24, 2.45) is 0 Å². The summed E-state index contributed by atoms with van der Waals surface area (Å²) in [5, 5.41) is 2.17. The number of benzene rings is 7. The lowest BCUT2D eigenvalue weighted by Crippen LogP contribution is -1.96. The summed E-state index contributed by atoms with van der Waals surface area (Å²) in [6.07, 6.45) is 2.03. The van der Waals surface area contributed by atoms with E-state index in [-0.39, 0.29) is 0 Å². The number of aromatic nitrogens is 5. The SMILES string of the molecule is c1ccc(-c2cccc(-c3cc(-c4cccc(-c5ccccc5)c4)nc(-c4ccc(-c5cccc(-c6nc7c(nc8ccccn87)c7ccccc67)c5)cc4)n3)c2)cc1. The molecular formula is C54H35N5. The topological polar surface area (TPSA) is 56.0 Å². The highest BCUT2D eigenvalue weighted by Crippen LogP contribution is 2.36. The Hall–Kier alpha value is -8.02. The number of hydrogen-bond donors (Lipinski definition) is 0. The molecule has 11 rings (SSSR count). The molecule has 0 saturated heterocycles. The summed E-state index contributed by atoms with van der Waals surface area (Å²) in [5.74, 6) is 0.671. The number of hydrogen-bond acceptors (Lipinski definition) is 4. The van der Waals surface area contributed by atoms with E-state index in [0.717, 1.165) is 89.2 Å². The summed E-state index contributed by atoms with van der Waals surface area (Å²) in [7, 11) is 0. The van der Waals surface area contributed by atoms with Crippen LogP contribution in [0.2, 0.25) is 0 Å². The van der Waals surface area contributed by atoms with Crippen molar-refractivity contribution < 1.29 is 0 Å². The highest BCUT2D eigenvalue weighted by molar-refractivity contribution is 6.09. The molecule has 4 heterocycles. The number of imidazole rings is 1. The minimum atomic E-state index is 0.671. The standard InChI is InChI=1S/C54H35N5/c1-3-14-36(15-4-1)40-18-11-21-43(32-40)48-35-49(44-22-12-19-41(33-44)37-16-5-2-6-17-37)56-53(55-48)39-29-27-38(28-30-39)42-20-13-23-45(34-42)51-46-24-7-8-25-47(46)52-54(58-51)59-31-10-9-26-50(59)57-52/h1-35H. The lowest BCUT2D eigenvalue weighted by molar-refractivity contribution is 1.18. The van der Waals surface area contributed by atoms with Gasteiger partial charge in [-0.05, 0) is 69.8 Å². The third-order valence-electron chi connectivity index (χ3n) is 11.0. The lowest BCUT2D eigenvalue weighted by atomic mass is 9.97. The second kappa shape index (κ2) is 14.5. The molecule has 0 spiro atoms. The molecule has 0 N–H and O–H groups in total. The van der Waals surface area contributed by atoms with E-state index in [9.17, 15) is 0 Å². The quantitative estimate of drug-likeness (QED) is 0.163. The highest BCUT2D eigenvalue weighted by atomic mass is 15.1. The molecule has 0 fully saturated rings. The fraction of sp³-hybridized carbons (Fsp3) is 0. The maximum absolute atomic E-state index is 5.25. The molecule has 59 heavy (non-hydrogen) atoms. The molecule has 0 unspecified atom stereocenters. The van der Waals surface area contributed by atoms with Crippen LogP contribution in [0, 0.1) is 0 Å². The molecule has 5 nitrogen and oxygen atoms in total. The highest BCUT2D eigenvalue weighted by Gasteiger charge is 2.16. The van der Waals surface area contributed by atoms with Crippen molar-refractivity contribution in [2.45, 2.75) is 0 Å². The van der Waals surface area contributed by atoms with Crippen molar-refractivity contribution in [1.29, 1.82) is 0 Å². The van der Waals surface area contributed by atoms with Crippen molar-refractivity contribution >= 4 is 27.6 Å². The van der Waals surface area contributed by atoms with Gasteiger partial charge in [-0.1, -0.05) is 170 Å². The van der Waals surface area contributed by atoms with Gasteiger partial charge in [0.15, 0.2) is 11.5 Å². The summed E-state index contributed by atoms with van der Waals surface area (Å²) >= 11 is 0. The first kappa shape index (κ1) is 34.2. The van der Waals surface area contributed by atoms with E-state index in [1.807, 2.05) is 36.5 Å². The van der Waals surface area contributed by atoms with Crippen molar-refractivity contribution in [3.63, 3.8) is 0 Å². The van der Waals surface area contributed by atoms with Gasteiger partial charge in [-0.15, -0.1) is 0 Å². The Morgan fingerprint density at radius 3 is 1.41 bits per heavy atom. The smallest absolute Gasteiger partial charge is 0.165 e. The van der Waals surface area contributed by atoms with Crippen molar-refractivity contribution in [2.75, 3.05) is 0 Å². The lowest BCUT2D eigenvalue weighted by Gasteiger charge is -2.12. The molecule has 0 aliphatic rings. The van der Waals surface area contributed by atoms with Gasteiger partial charge in [0.05, 0.1) is 17.1 Å². The molecule has 276 valence electrons. The Bertz CT molecular complexity index is 3220. The van der Waals surface area contributed by atoms with Gasteiger partial charge in [0, 0.05) is 39.2 Å². The van der Waals surface area contributed by atoms with Gasteiger partial charge >= 0.3 is 0 Å². The number of pyridine rings is 2. The van der Waals surface area contributed by atoms with Crippen LogP contribution in [0.25, 0.3) is 106 Å². The Morgan fingerprint density at radius 1 is 0.305 bits per heavy atom. The largest absolute Gasteiger partial charge is 0.284 e. The Morgan fingerprint density at radius 2 is 0.780 bits per heavy atom. The summed E-state index contributed by atoms with van der Waals surface area (Å²) in [5.41, 5.74) is 16.2. The minimum absolute atomic E-state index is 0.671. The normalized spacial score (nSPS) is 11.4. The van der Waals surface area contributed by atoms with Crippen LogP contribution >= 0.6 is 0 Å². The number of fused-ring (bicyclic) bond motifs is 5. The molecule has 4 aromatic heterocycles. The van der Waals surface area contributed by atoms with Crippen LogP contribution in [0.3, 0.4) is 0 Å². The molecule has 0 radical (unpaired) electrons. The summed E-state index contributed by atoms with van der Waals surface area (Å²) in [4.78, 5) is 20.6. The van der Waals surface area contributed by atoms with E-state index in [0.29, 0.717) is 5.82 Å². The van der Waals surface area contributed by atoms with Crippen LogP contribution in [0.4, 0.5) is 0 Å². The minimum Gasteiger partial charge on any atom is -0.284 e. The van der Waals surface area contributed by atoms with Crippen molar-refractivity contribution in [1.82, 2.24) is 24.3 Å². The third kappa shape index (κ3) is 6.41. The van der Waals surface area contributed by atoms with Gasteiger partial charge in [0.1, 0.15) is 11.2 Å². The second-order valence-corrected chi connectivity index (χ2v) is 14.7. The van der Waals surface area contributed by atoms with E-state index < -0.39 is 0 Å². The van der Waals surface area contributed by atoms with E-state index in [2.05, 4.69) is 180 Å². The van der Waals surface area contributed by atoms with E-state index in [1.54, 1.807) is 0 Å². The van der Waals surface area contributed by atoms with Crippen molar-refractivity contribution in [3.05, 3.63) is 212 Å². The molecule has 5 heteroatoms. The van der Waals surface area contributed by atoms with Gasteiger partial charge in [-0.25, -0.2) is 19.9 Å². The van der Waals surface area contributed by atoms with Gasteiger partial charge in [0.25, 0.3) is 0 Å². The Labute approximate surface area is 341 Å². The molecule has 0 amide bonds. The van der Waals surface area contributed by atoms with Gasteiger partial charge in [0.2, 0.25) is 0 Å². The van der Waals surface area contributed by atoms with E-state index >= 15 is 0 Å². The summed E-state index contributed by atoms with van der Waals surface area (Å²) in [6, 6.07) is 71.9. The predicted molar refractivity (Wildman–Crippen MR) is 242 cm³/mol. The maximum Gasteiger partial charge on any atom is 0.165 e. The average Bonchev–Trinajstić information content (AvgIpc) is 3.71. The van der Waals surface area contributed by atoms with Gasteiger partial charge in [-0.2, -0.15) is 0 Å². The first-order valence-electron chi connectivity index (χ1n) is 19.8. The molecule has 0 aliphatic heterocycles. The van der Waals surface area contributed by atoms with Crippen molar-refractivity contribution in [3.8, 4) is 78.5 Å². The Balaban J connectivity index is 0.992. The van der Waals surface area contributed by atoms with Crippen LogP contribution in [-0.4, -0.2) is 24.3 Å². The van der Waals surface area contributed by atoms with E-state index in [4.69, 9.17) is 19.9 Å². The summed E-state index contributed by atoms with van der Waals surface area (Å²) in [6.45, 7) is 0. The zero-order valence-corrected chi connectivity index (χ0v) is 31.9. The molecular weight excluding hydrogens is 719 g/mol. The molecule has 0 atom stereocenters. The van der Waals surface area contributed by atoms with Gasteiger partial charge in [-0.3, -0.25) is 4.40 Å². The fourth-order valence-electron chi connectivity index (χ4n) is 8.06. The molecule has 0 aliphatic carbocycles. The van der Waals surface area contributed by atoms with Gasteiger partial charge < -0.3 is 0 Å². The third-order valence-corrected chi connectivity index (χ3v) is 11.0. The molecule has 0 bridgehead atoms. The first-order valence-corrected chi connectivity index (χ1v) is 19.8. The monoisotopic (exact) mass is 753 g/mol. The van der Waals surface area contributed by atoms with Crippen LogP contribution in [0.15, 0.2) is 212 Å². The fourth-order valence-corrected chi connectivity index (χ4v) is 8.06. The zero-order valence-electron chi connectivity index (χ0n) is 31.9. The Kier molecular flexibility index (Phi) is 8.41. The maximum atomic E-state index is 5.25. The van der Waals surface area contributed by atoms with Crippen LogP contribution < -0.4 is 0 Å². The summed E-state index contributed by atoms with van der Waals surface area (Å²) < 4.78 is 2.07. The second-order valence-electron chi connectivity index (χ2n) is 14.7. The zero-order chi connectivity index (χ0) is 39.1. The van der Waals surface area contributed by atoms with Crippen LogP contribution in [-0.2, 0) is 0 Å². The molecule has 7 aromatic carbocycles. The molecule has 11 aromatic rings. The van der Waals surface area contributed by atoms with E-state index in [1.165, 1.54) is 11.1 Å². The number of rotatable bonds is 7. The number of nitrogens with zero attached hydrogens (tertiary/aromatic N) is 5. The first-order chi connectivity index (χ1) is 29.2. The van der Waals surface area contributed by atoms with Crippen LogP contribution in [0.1, 0.15) is 0 Å². The predicted octanol–water partition coefficient (Wildman–Crippen LogP) is 13.5.